The third-order valence-corrected chi connectivity index (χ3v) is 5.04. The Bertz CT molecular complexity index is 452. The maximum atomic E-state index is 10.8. The van der Waals surface area contributed by atoms with Crippen LogP contribution in [-0.2, 0) is 4.74 Å². The highest BCUT2D eigenvalue weighted by molar-refractivity contribution is 9.10. The first-order valence-corrected chi connectivity index (χ1v) is 8.47. The van der Waals surface area contributed by atoms with Gasteiger partial charge in [0, 0.05) is 42.9 Å². The third kappa shape index (κ3) is 3.97. The molecule has 0 aromatic heterocycles. The highest BCUT2D eigenvalue weighted by Gasteiger charge is 2.34. The Hall–Kier alpha value is -0.620. The quantitative estimate of drug-likeness (QED) is 0.901. The zero-order chi connectivity index (χ0) is 14.7. The summed E-state index contributed by atoms with van der Waals surface area (Å²) in [7, 11) is 0. The van der Waals surface area contributed by atoms with Crippen molar-refractivity contribution in [2.45, 2.75) is 18.4 Å². The van der Waals surface area contributed by atoms with Crippen molar-refractivity contribution in [2.24, 2.45) is 0 Å². The molecule has 1 aromatic carbocycles. The molecular formula is C16H23BrN2O2. The number of halogens is 1. The maximum absolute atomic E-state index is 10.8. The van der Waals surface area contributed by atoms with Gasteiger partial charge in [-0.05, 0) is 37.1 Å². The number of ether oxygens (including phenoxy) is 1. The number of hydrogen-bond acceptors (Lipinski definition) is 4. The number of rotatable bonds is 3. The SMILES string of the molecule is OC1(CN2CCOCC2)CCN(c2ccc(Br)cc2)CC1. The van der Waals surface area contributed by atoms with Crippen LogP contribution < -0.4 is 4.90 Å². The van der Waals surface area contributed by atoms with Crippen molar-refractivity contribution in [3.05, 3.63) is 28.7 Å². The van der Waals surface area contributed by atoms with Crippen molar-refractivity contribution >= 4 is 21.6 Å². The van der Waals surface area contributed by atoms with Gasteiger partial charge in [0.05, 0.1) is 18.8 Å². The van der Waals surface area contributed by atoms with Crippen LogP contribution in [0.15, 0.2) is 28.7 Å². The van der Waals surface area contributed by atoms with Gasteiger partial charge in [-0.3, -0.25) is 4.90 Å². The van der Waals surface area contributed by atoms with E-state index < -0.39 is 5.60 Å². The fourth-order valence-electron chi connectivity index (χ4n) is 3.17. The van der Waals surface area contributed by atoms with E-state index in [0.717, 1.165) is 63.3 Å². The van der Waals surface area contributed by atoms with Crippen molar-refractivity contribution in [2.75, 3.05) is 50.8 Å². The molecule has 2 aliphatic rings. The molecule has 1 N–H and O–H groups in total. The molecule has 2 fully saturated rings. The summed E-state index contributed by atoms with van der Waals surface area (Å²) in [5, 5.41) is 10.8. The van der Waals surface area contributed by atoms with E-state index in [4.69, 9.17) is 4.74 Å². The molecule has 0 radical (unpaired) electrons. The van der Waals surface area contributed by atoms with E-state index in [0.29, 0.717) is 0 Å². The molecule has 4 nitrogen and oxygen atoms in total. The summed E-state index contributed by atoms with van der Waals surface area (Å²) in [4.78, 5) is 4.69. The Kier molecular flexibility index (Phi) is 4.84. The fourth-order valence-corrected chi connectivity index (χ4v) is 3.43. The fraction of sp³-hybridized carbons (Fsp3) is 0.625. The predicted octanol–water partition coefficient (Wildman–Crippen LogP) is 2.11. The van der Waals surface area contributed by atoms with Crippen molar-refractivity contribution in [3.63, 3.8) is 0 Å². The molecule has 0 saturated carbocycles. The van der Waals surface area contributed by atoms with Crippen LogP contribution in [0, 0.1) is 0 Å². The molecule has 0 unspecified atom stereocenters. The van der Waals surface area contributed by atoms with E-state index in [1.807, 2.05) is 0 Å². The van der Waals surface area contributed by atoms with Crippen LogP contribution in [0.5, 0.6) is 0 Å². The first kappa shape index (κ1) is 15.3. The molecule has 0 spiro atoms. The van der Waals surface area contributed by atoms with Crippen molar-refractivity contribution in [1.82, 2.24) is 4.90 Å². The second-order valence-corrected chi connectivity index (χ2v) is 6.99. The molecule has 5 heteroatoms. The minimum Gasteiger partial charge on any atom is -0.388 e. The van der Waals surface area contributed by atoms with E-state index in [-0.39, 0.29) is 0 Å². The van der Waals surface area contributed by atoms with Gasteiger partial charge in [0.2, 0.25) is 0 Å². The molecule has 3 rings (SSSR count). The number of hydrogen-bond donors (Lipinski definition) is 1. The van der Waals surface area contributed by atoms with Gasteiger partial charge in [0.25, 0.3) is 0 Å². The van der Waals surface area contributed by atoms with E-state index in [1.54, 1.807) is 0 Å². The predicted molar refractivity (Wildman–Crippen MR) is 87.8 cm³/mol. The molecule has 0 atom stereocenters. The Labute approximate surface area is 134 Å². The summed E-state index contributed by atoms with van der Waals surface area (Å²) < 4.78 is 6.47. The van der Waals surface area contributed by atoms with Gasteiger partial charge in [-0.2, -0.15) is 0 Å². The number of benzene rings is 1. The van der Waals surface area contributed by atoms with Crippen LogP contribution in [0.1, 0.15) is 12.8 Å². The lowest BCUT2D eigenvalue weighted by Gasteiger charge is -2.42. The van der Waals surface area contributed by atoms with Crippen molar-refractivity contribution in [1.29, 1.82) is 0 Å². The lowest BCUT2D eigenvalue weighted by Crippen LogP contribution is -2.53. The van der Waals surface area contributed by atoms with Gasteiger partial charge in [-0.15, -0.1) is 0 Å². The lowest BCUT2D eigenvalue weighted by molar-refractivity contribution is -0.0440. The summed E-state index contributed by atoms with van der Waals surface area (Å²) in [6.07, 6.45) is 1.67. The molecule has 0 amide bonds. The monoisotopic (exact) mass is 354 g/mol. The summed E-state index contributed by atoms with van der Waals surface area (Å²) >= 11 is 3.47. The third-order valence-electron chi connectivity index (χ3n) is 4.51. The Morgan fingerprint density at radius 2 is 1.67 bits per heavy atom. The molecule has 0 aliphatic carbocycles. The normalized spacial score (nSPS) is 23.2. The molecule has 2 aliphatic heterocycles. The van der Waals surface area contributed by atoms with Gasteiger partial charge in [-0.25, -0.2) is 0 Å². The largest absolute Gasteiger partial charge is 0.388 e. The zero-order valence-electron chi connectivity index (χ0n) is 12.3. The number of anilines is 1. The van der Waals surface area contributed by atoms with Gasteiger partial charge < -0.3 is 14.7 Å². The number of aliphatic hydroxyl groups is 1. The number of nitrogens with zero attached hydrogens (tertiary/aromatic N) is 2. The minimum atomic E-state index is -0.538. The van der Waals surface area contributed by atoms with E-state index >= 15 is 0 Å². The van der Waals surface area contributed by atoms with Gasteiger partial charge >= 0.3 is 0 Å². The lowest BCUT2D eigenvalue weighted by atomic mass is 9.90. The Balaban J connectivity index is 1.54. The Morgan fingerprint density at radius 1 is 1.05 bits per heavy atom. The second kappa shape index (κ2) is 6.65. The highest BCUT2D eigenvalue weighted by Crippen LogP contribution is 2.28. The first-order chi connectivity index (χ1) is 10.1. The summed E-state index contributed by atoms with van der Waals surface area (Å²) in [5.41, 5.74) is 0.704. The van der Waals surface area contributed by atoms with Crippen LogP contribution in [-0.4, -0.2) is 61.5 Å². The van der Waals surface area contributed by atoms with Gasteiger partial charge in [0.1, 0.15) is 0 Å². The molecule has 2 saturated heterocycles. The van der Waals surface area contributed by atoms with Crippen molar-refractivity contribution in [3.8, 4) is 0 Å². The van der Waals surface area contributed by atoms with Gasteiger partial charge in [0.15, 0.2) is 0 Å². The second-order valence-electron chi connectivity index (χ2n) is 6.08. The van der Waals surface area contributed by atoms with E-state index in [1.165, 1.54) is 5.69 Å². The van der Waals surface area contributed by atoms with Crippen LogP contribution in [0.3, 0.4) is 0 Å². The minimum absolute atomic E-state index is 0.538. The molecule has 116 valence electrons. The zero-order valence-corrected chi connectivity index (χ0v) is 13.9. The topological polar surface area (TPSA) is 35.9 Å². The van der Waals surface area contributed by atoms with Crippen molar-refractivity contribution < 1.29 is 9.84 Å². The van der Waals surface area contributed by atoms with Gasteiger partial charge in [-0.1, -0.05) is 15.9 Å². The smallest absolute Gasteiger partial charge is 0.0807 e. The number of β-amino-alcohol motifs (C(OH)–C–C–N with tert-alkyl or cyclic N) is 1. The maximum Gasteiger partial charge on any atom is 0.0807 e. The summed E-state index contributed by atoms with van der Waals surface area (Å²) in [6.45, 7) is 6.09. The summed E-state index contributed by atoms with van der Waals surface area (Å²) in [5.74, 6) is 0. The number of piperidine rings is 1. The molecule has 2 heterocycles. The van der Waals surface area contributed by atoms with Crippen LogP contribution >= 0.6 is 15.9 Å². The highest BCUT2D eigenvalue weighted by atomic mass is 79.9. The van der Waals surface area contributed by atoms with Crippen LogP contribution in [0.4, 0.5) is 5.69 Å². The average Bonchev–Trinajstić information content (AvgIpc) is 2.50. The van der Waals surface area contributed by atoms with E-state index in [2.05, 4.69) is 50.0 Å². The van der Waals surface area contributed by atoms with Crippen LogP contribution in [0.25, 0.3) is 0 Å². The average molecular weight is 355 g/mol. The molecular weight excluding hydrogens is 332 g/mol. The molecule has 0 bridgehead atoms. The molecule has 1 aromatic rings. The summed E-state index contributed by atoms with van der Waals surface area (Å²) in [6, 6.07) is 8.42. The molecule has 21 heavy (non-hydrogen) atoms. The first-order valence-electron chi connectivity index (χ1n) is 7.68. The Morgan fingerprint density at radius 3 is 2.29 bits per heavy atom. The number of morpholine rings is 1. The van der Waals surface area contributed by atoms with E-state index in [9.17, 15) is 5.11 Å². The van der Waals surface area contributed by atoms with Crippen LogP contribution in [0.2, 0.25) is 0 Å². The standard InChI is InChI=1S/C16H23BrN2O2/c17-14-1-3-15(4-2-14)19-7-5-16(20,6-8-19)13-18-9-11-21-12-10-18/h1-4,20H,5-13H2.